The molecule has 0 unspecified atom stereocenters. The van der Waals surface area contributed by atoms with Gasteiger partial charge in [0.15, 0.2) is 5.40 Å². The fraction of sp³-hybridized carbons (Fsp3) is 1.00. The molecule has 18 heavy (non-hydrogen) atoms. The van der Waals surface area contributed by atoms with E-state index >= 15 is 0 Å². The molecule has 0 fully saturated rings. The van der Waals surface area contributed by atoms with Crippen molar-refractivity contribution in [3.05, 3.63) is 0 Å². The van der Waals surface area contributed by atoms with Crippen LogP contribution >= 0.6 is 22.8 Å². The summed E-state index contributed by atoms with van der Waals surface area (Å²) < 4.78 is 32.1. The Kier molecular flexibility index (Phi) is 10.6. The average Bonchev–Trinajstić information content (AvgIpc) is 1.95. The van der Waals surface area contributed by atoms with Gasteiger partial charge in [0, 0.05) is 6.16 Å². The van der Waals surface area contributed by atoms with Crippen molar-refractivity contribution in [2.45, 2.75) is 24.7 Å². The number of unbranched alkanes of at least 4 members (excludes halogenated alkanes) is 1. The Morgan fingerprint density at radius 1 is 0.778 bits per heavy atom. The monoisotopic (exact) mass is 352 g/mol. The van der Waals surface area contributed by atoms with Crippen LogP contribution in [0.4, 0.5) is 0 Å². The molecule has 0 aromatic rings. The summed E-state index contributed by atoms with van der Waals surface area (Å²) >= 11 is 0. The molecule has 0 aromatic carbocycles. The van der Waals surface area contributed by atoms with Crippen molar-refractivity contribution in [2.75, 3.05) is 6.16 Å². The molecule has 0 amide bonds. The molecule has 0 heterocycles. The van der Waals surface area contributed by atoms with E-state index in [1.807, 2.05) is 0 Å². The molecular weight excluding hydrogens is 336 g/mol. The van der Waals surface area contributed by atoms with Crippen LogP contribution in [0, 0.1) is 0 Å². The Bertz CT molecular complexity index is 358. The third-order valence-corrected chi connectivity index (χ3v) is 6.71. The standard InChI is InChI=1S/C5H15O9P3.K.H/c6-15(7,8)4-2-1-3-5(16(9,10)11)17(12,13)14;;/h5H,1-4H2,(H2,6,7,8)(H2,9,10,11)(H2,12,13,14);;. The predicted octanol–water partition coefficient (Wildman–Crippen LogP) is -0.633. The number of rotatable bonds is 7. The van der Waals surface area contributed by atoms with Gasteiger partial charge in [-0.1, -0.05) is 6.42 Å². The first-order valence-electron chi connectivity index (χ1n) is 4.49. The first kappa shape index (κ1) is 22.4. The van der Waals surface area contributed by atoms with Crippen LogP contribution in [0.2, 0.25) is 0 Å². The molecule has 0 aliphatic carbocycles. The summed E-state index contributed by atoms with van der Waals surface area (Å²) in [5.74, 6) is 0. The van der Waals surface area contributed by atoms with E-state index in [1.165, 1.54) is 0 Å². The van der Waals surface area contributed by atoms with Gasteiger partial charge in [-0.3, -0.25) is 13.7 Å². The summed E-state index contributed by atoms with van der Waals surface area (Å²) in [6, 6.07) is 0. The molecule has 13 heteroatoms. The van der Waals surface area contributed by atoms with E-state index in [4.69, 9.17) is 29.4 Å². The first-order chi connectivity index (χ1) is 7.34. The molecule has 0 radical (unpaired) electrons. The van der Waals surface area contributed by atoms with Crippen LogP contribution in [-0.4, -0.2) is 92.3 Å². The molecule has 0 bridgehead atoms. The normalized spacial score (nSPS) is 13.5. The Labute approximate surface area is 146 Å². The predicted molar refractivity (Wildman–Crippen MR) is 65.8 cm³/mol. The minimum absolute atomic E-state index is 0. The summed E-state index contributed by atoms with van der Waals surface area (Å²) in [6.45, 7) is 0. The van der Waals surface area contributed by atoms with Gasteiger partial charge in [-0.15, -0.1) is 0 Å². The van der Waals surface area contributed by atoms with Crippen LogP contribution in [0.5, 0.6) is 0 Å². The SMILES string of the molecule is O=P(O)(O)CCCCC(P(=O)(O)O)P(=O)(O)O.[KH]. The molecule has 0 saturated carbocycles. The molecule has 0 atom stereocenters. The minimum atomic E-state index is -4.94. The van der Waals surface area contributed by atoms with E-state index < -0.39 is 40.8 Å². The second-order valence-corrected chi connectivity index (χ2v) is 9.33. The van der Waals surface area contributed by atoms with E-state index in [1.54, 1.807) is 0 Å². The van der Waals surface area contributed by atoms with Crippen molar-refractivity contribution in [2.24, 2.45) is 0 Å². The third-order valence-electron chi connectivity index (χ3n) is 1.94. The van der Waals surface area contributed by atoms with Crippen molar-refractivity contribution >= 4 is 74.2 Å². The summed E-state index contributed by atoms with van der Waals surface area (Å²) in [5, 5.41) is -2.10. The Morgan fingerprint density at radius 3 is 1.44 bits per heavy atom. The fourth-order valence-corrected chi connectivity index (χ4v) is 4.42. The van der Waals surface area contributed by atoms with Crippen molar-refractivity contribution in [1.29, 1.82) is 0 Å². The first-order valence-corrected chi connectivity index (χ1v) is 9.65. The van der Waals surface area contributed by atoms with Gasteiger partial charge >= 0.3 is 74.2 Å². The average molecular weight is 352 g/mol. The van der Waals surface area contributed by atoms with Gasteiger partial charge in [-0.25, -0.2) is 0 Å². The summed E-state index contributed by atoms with van der Waals surface area (Å²) in [7, 11) is -14.1. The number of hydrogen-bond donors (Lipinski definition) is 6. The molecule has 0 rings (SSSR count). The summed E-state index contributed by atoms with van der Waals surface area (Å²) in [6.07, 6.45) is -1.14. The van der Waals surface area contributed by atoms with Gasteiger partial charge in [0.05, 0.1) is 0 Å². The zero-order valence-electron chi connectivity index (χ0n) is 8.66. The summed E-state index contributed by atoms with van der Waals surface area (Å²) in [5.41, 5.74) is 0. The van der Waals surface area contributed by atoms with E-state index in [2.05, 4.69) is 0 Å². The van der Waals surface area contributed by atoms with Crippen molar-refractivity contribution in [3.8, 4) is 0 Å². The van der Waals surface area contributed by atoms with Gasteiger partial charge in [-0.2, -0.15) is 0 Å². The molecule has 6 N–H and O–H groups in total. The van der Waals surface area contributed by atoms with E-state index in [-0.39, 0.29) is 64.2 Å². The van der Waals surface area contributed by atoms with Crippen molar-refractivity contribution in [3.63, 3.8) is 0 Å². The molecule has 0 aliphatic heterocycles. The fourth-order valence-electron chi connectivity index (χ4n) is 1.18. The zero-order chi connectivity index (χ0) is 13.9. The van der Waals surface area contributed by atoms with Gasteiger partial charge in [-0.05, 0) is 12.8 Å². The van der Waals surface area contributed by atoms with Crippen molar-refractivity contribution in [1.82, 2.24) is 0 Å². The molecule has 0 saturated heterocycles. The molecule has 0 aliphatic rings. The Morgan fingerprint density at radius 2 is 1.17 bits per heavy atom. The van der Waals surface area contributed by atoms with E-state index in [0.717, 1.165) is 0 Å². The van der Waals surface area contributed by atoms with Crippen molar-refractivity contribution < 1.29 is 43.1 Å². The van der Waals surface area contributed by atoms with E-state index in [9.17, 15) is 13.7 Å². The zero-order valence-corrected chi connectivity index (χ0v) is 11.3. The van der Waals surface area contributed by atoms with E-state index in [0.29, 0.717) is 0 Å². The second-order valence-electron chi connectivity index (χ2n) is 3.54. The van der Waals surface area contributed by atoms with Crippen LogP contribution in [0.15, 0.2) is 0 Å². The van der Waals surface area contributed by atoms with Gasteiger partial charge in [0.25, 0.3) is 0 Å². The number of hydrogen-bond acceptors (Lipinski definition) is 3. The molecule has 0 spiro atoms. The van der Waals surface area contributed by atoms with Gasteiger partial charge in [0.2, 0.25) is 0 Å². The maximum atomic E-state index is 10.8. The Balaban J connectivity index is 0. The molecule has 9 nitrogen and oxygen atoms in total. The van der Waals surface area contributed by atoms with Crippen LogP contribution in [-0.2, 0) is 13.7 Å². The topological polar surface area (TPSA) is 173 Å². The Hall–Kier alpha value is 2.09. The molecule has 106 valence electrons. The summed E-state index contributed by atoms with van der Waals surface area (Å²) in [4.78, 5) is 52.0. The van der Waals surface area contributed by atoms with Crippen LogP contribution < -0.4 is 0 Å². The van der Waals surface area contributed by atoms with Gasteiger partial charge in [0.1, 0.15) is 0 Å². The van der Waals surface area contributed by atoms with Crippen LogP contribution in [0.1, 0.15) is 19.3 Å². The molecular formula is C5H16KO9P3. The molecule has 0 aromatic heterocycles. The van der Waals surface area contributed by atoms with Crippen LogP contribution in [0.25, 0.3) is 0 Å². The van der Waals surface area contributed by atoms with Crippen LogP contribution in [0.3, 0.4) is 0 Å². The second kappa shape index (κ2) is 8.51. The van der Waals surface area contributed by atoms with Gasteiger partial charge < -0.3 is 29.4 Å². The quantitative estimate of drug-likeness (QED) is 0.198. The maximum absolute atomic E-state index is 10.8. The third kappa shape index (κ3) is 10.8.